The van der Waals surface area contributed by atoms with E-state index in [2.05, 4.69) is 9.80 Å². The highest BCUT2D eigenvalue weighted by Gasteiger charge is 2.25. The zero-order chi connectivity index (χ0) is 15.1. The topological polar surface area (TPSA) is 32.8 Å². The fourth-order valence-corrected chi connectivity index (χ4v) is 3.52. The first kappa shape index (κ1) is 16.8. The van der Waals surface area contributed by atoms with Gasteiger partial charge in [-0.05, 0) is 39.5 Å². The molecule has 4 heteroatoms. The number of carbonyl (C=O) groups is 1. The van der Waals surface area contributed by atoms with Gasteiger partial charge in [-0.1, -0.05) is 12.8 Å². The van der Waals surface area contributed by atoms with Crippen LogP contribution in [0.25, 0.3) is 0 Å². The van der Waals surface area contributed by atoms with Gasteiger partial charge in [0.05, 0.1) is 6.10 Å². The van der Waals surface area contributed by atoms with Gasteiger partial charge >= 0.3 is 0 Å². The minimum atomic E-state index is 0.262. The van der Waals surface area contributed by atoms with Crippen LogP contribution in [0.1, 0.15) is 58.8 Å². The standard InChI is InChI=1S/C17H32N2O2/c1-15(2)21-14-5-9-17(20)19-11-6-10-18(12-13-19)16-7-3-4-8-16/h15-16H,3-14H2,1-2H3. The Hall–Kier alpha value is -0.610. The van der Waals surface area contributed by atoms with Gasteiger partial charge in [0.25, 0.3) is 0 Å². The second kappa shape index (κ2) is 8.74. The molecule has 0 radical (unpaired) electrons. The van der Waals surface area contributed by atoms with Gasteiger partial charge in [-0.3, -0.25) is 9.69 Å². The number of rotatable bonds is 6. The van der Waals surface area contributed by atoms with Crippen LogP contribution >= 0.6 is 0 Å². The van der Waals surface area contributed by atoms with E-state index in [9.17, 15) is 4.79 Å². The molecule has 4 nitrogen and oxygen atoms in total. The van der Waals surface area contributed by atoms with Crippen molar-refractivity contribution in [1.82, 2.24) is 9.80 Å². The molecule has 0 aromatic heterocycles. The normalized spacial score (nSPS) is 22.0. The van der Waals surface area contributed by atoms with E-state index in [0.29, 0.717) is 18.9 Å². The van der Waals surface area contributed by atoms with Crippen LogP contribution in [-0.4, -0.2) is 60.6 Å². The minimum Gasteiger partial charge on any atom is -0.379 e. The smallest absolute Gasteiger partial charge is 0.222 e. The van der Waals surface area contributed by atoms with Gasteiger partial charge < -0.3 is 9.64 Å². The zero-order valence-electron chi connectivity index (χ0n) is 13.9. The molecule has 0 atom stereocenters. The van der Waals surface area contributed by atoms with E-state index in [0.717, 1.165) is 38.5 Å². The Bertz CT molecular complexity index is 314. The highest BCUT2D eigenvalue weighted by atomic mass is 16.5. The third-order valence-corrected chi connectivity index (χ3v) is 4.71. The minimum absolute atomic E-state index is 0.262. The Morgan fingerprint density at radius 2 is 1.86 bits per heavy atom. The summed E-state index contributed by atoms with van der Waals surface area (Å²) in [6.07, 6.45) is 8.37. The van der Waals surface area contributed by atoms with E-state index < -0.39 is 0 Å². The van der Waals surface area contributed by atoms with Gasteiger partial charge in [0.1, 0.15) is 0 Å². The third-order valence-electron chi connectivity index (χ3n) is 4.71. The largest absolute Gasteiger partial charge is 0.379 e. The van der Waals surface area contributed by atoms with Gasteiger partial charge in [0.15, 0.2) is 0 Å². The number of carbonyl (C=O) groups excluding carboxylic acids is 1. The van der Waals surface area contributed by atoms with Crippen LogP contribution in [0.15, 0.2) is 0 Å². The van der Waals surface area contributed by atoms with Crippen molar-refractivity contribution in [2.45, 2.75) is 70.9 Å². The molecule has 1 saturated carbocycles. The van der Waals surface area contributed by atoms with E-state index in [1.807, 2.05) is 13.8 Å². The van der Waals surface area contributed by atoms with Crippen LogP contribution in [0.2, 0.25) is 0 Å². The van der Waals surface area contributed by atoms with Crippen molar-refractivity contribution in [3.05, 3.63) is 0 Å². The number of ether oxygens (including phenoxy) is 1. The molecular formula is C17H32N2O2. The Labute approximate surface area is 129 Å². The Kier molecular flexibility index (Phi) is 6.97. The van der Waals surface area contributed by atoms with Crippen molar-refractivity contribution in [3.8, 4) is 0 Å². The van der Waals surface area contributed by atoms with Crippen molar-refractivity contribution in [2.24, 2.45) is 0 Å². The second-order valence-electron chi connectivity index (χ2n) is 6.73. The summed E-state index contributed by atoms with van der Waals surface area (Å²) in [6, 6.07) is 0.791. The molecule has 1 aliphatic carbocycles. The van der Waals surface area contributed by atoms with E-state index in [4.69, 9.17) is 4.74 Å². The lowest BCUT2D eigenvalue weighted by molar-refractivity contribution is -0.131. The second-order valence-corrected chi connectivity index (χ2v) is 6.73. The van der Waals surface area contributed by atoms with Gasteiger partial charge in [-0.2, -0.15) is 0 Å². The van der Waals surface area contributed by atoms with Crippen molar-refractivity contribution in [2.75, 3.05) is 32.8 Å². The van der Waals surface area contributed by atoms with Gasteiger partial charge in [0.2, 0.25) is 5.91 Å². The van der Waals surface area contributed by atoms with E-state index in [-0.39, 0.29) is 6.10 Å². The maximum Gasteiger partial charge on any atom is 0.222 e. The first-order valence-corrected chi connectivity index (χ1v) is 8.80. The summed E-state index contributed by atoms with van der Waals surface area (Å²) in [4.78, 5) is 17.0. The highest BCUT2D eigenvalue weighted by Crippen LogP contribution is 2.24. The molecule has 2 fully saturated rings. The first-order chi connectivity index (χ1) is 10.2. The lowest BCUT2D eigenvalue weighted by Gasteiger charge is -2.27. The molecule has 0 aromatic rings. The number of hydrogen-bond donors (Lipinski definition) is 0. The first-order valence-electron chi connectivity index (χ1n) is 8.80. The van der Waals surface area contributed by atoms with Gasteiger partial charge in [-0.25, -0.2) is 0 Å². The van der Waals surface area contributed by atoms with Crippen molar-refractivity contribution in [3.63, 3.8) is 0 Å². The molecule has 2 aliphatic rings. The molecule has 21 heavy (non-hydrogen) atoms. The van der Waals surface area contributed by atoms with Gasteiger partial charge in [0, 0.05) is 45.2 Å². The van der Waals surface area contributed by atoms with Crippen LogP contribution in [0.3, 0.4) is 0 Å². The molecule has 0 bridgehead atoms. The van der Waals surface area contributed by atoms with Crippen LogP contribution in [0.4, 0.5) is 0 Å². The molecule has 2 rings (SSSR count). The molecule has 1 aliphatic heterocycles. The monoisotopic (exact) mass is 296 g/mol. The lowest BCUT2D eigenvalue weighted by atomic mass is 10.2. The van der Waals surface area contributed by atoms with Crippen molar-refractivity contribution >= 4 is 5.91 Å². The van der Waals surface area contributed by atoms with Crippen molar-refractivity contribution < 1.29 is 9.53 Å². The summed E-state index contributed by atoms with van der Waals surface area (Å²) in [5.41, 5.74) is 0. The van der Waals surface area contributed by atoms with Crippen LogP contribution in [0, 0.1) is 0 Å². The zero-order valence-corrected chi connectivity index (χ0v) is 13.9. The average Bonchev–Trinajstić information content (AvgIpc) is 2.88. The fourth-order valence-electron chi connectivity index (χ4n) is 3.52. The van der Waals surface area contributed by atoms with E-state index >= 15 is 0 Å². The number of hydrogen-bond acceptors (Lipinski definition) is 3. The third kappa shape index (κ3) is 5.59. The molecule has 1 saturated heterocycles. The maximum atomic E-state index is 12.3. The van der Waals surface area contributed by atoms with E-state index in [1.54, 1.807) is 0 Å². The Balaban J connectivity index is 1.68. The summed E-state index contributed by atoms with van der Waals surface area (Å²) in [7, 11) is 0. The predicted molar refractivity (Wildman–Crippen MR) is 85.3 cm³/mol. The molecule has 1 heterocycles. The number of nitrogens with zero attached hydrogens (tertiary/aromatic N) is 2. The van der Waals surface area contributed by atoms with Gasteiger partial charge in [-0.15, -0.1) is 0 Å². The van der Waals surface area contributed by atoms with Crippen molar-refractivity contribution in [1.29, 1.82) is 0 Å². The highest BCUT2D eigenvalue weighted by molar-refractivity contribution is 5.76. The lowest BCUT2D eigenvalue weighted by Crippen LogP contribution is -2.38. The number of amides is 1. The molecule has 1 amide bonds. The van der Waals surface area contributed by atoms with Crippen LogP contribution in [0.5, 0.6) is 0 Å². The Morgan fingerprint density at radius 3 is 2.57 bits per heavy atom. The summed E-state index contributed by atoms with van der Waals surface area (Å²) >= 11 is 0. The predicted octanol–water partition coefficient (Wildman–Crippen LogP) is 2.67. The Morgan fingerprint density at radius 1 is 1.10 bits per heavy atom. The molecular weight excluding hydrogens is 264 g/mol. The maximum absolute atomic E-state index is 12.3. The summed E-state index contributed by atoms with van der Waals surface area (Å²) in [5.74, 6) is 0.315. The molecule has 0 N–H and O–H groups in total. The quantitative estimate of drug-likeness (QED) is 0.707. The summed E-state index contributed by atoms with van der Waals surface area (Å²) in [5, 5.41) is 0. The SMILES string of the molecule is CC(C)OCCCC(=O)N1CCCN(C2CCCC2)CC1. The average molecular weight is 296 g/mol. The van der Waals surface area contributed by atoms with Crippen LogP contribution in [-0.2, 0) is 9.53 Å². The summed E-state index contributed by atoms with van der Waals surface area (Å²) < 4.78 is 5.51. The molecule has 0 unspecified atom stereocenters. The molecule has 0 aromatic carbocycles. The fraction of sp³-hybridized carbons (Fsp3) is 0.941. The van der Waals surface area contributed by atoms with Crippen LogP contribution < -0.4 is 0 Å². The molecule has 0 spiro atoms. The van der Waals surface area contributed by atoms with E-state index in [1.165, 1.54) is 32.2 Å². The molecule has 122 valence electrons. The summed E-state index contributed by atoms with van der Waals surface area (Å²) in [6.45, 7) is 8.87.